The Bertz CT molecular complexity index is 1720. The van der Waals surface area contributed by atoms with E-state index in [1.54, 1.807) is 6.92 Å². The van der Waals surface area contributed by atoms with Crippen molar-refractivity contribution in [3.63, 3.8) is 0 Å². The van der Waals surface area contributed by atoms with Gasteiger partial charge in [0.05, 0.1) is 6.61 Å². The van der Waals surface area contributed by atoms with Crippen molar-refractivity contribution in [2.24, 2.45) is 0 Å². The van der Waals surface area contributed by atoms with Crippen LogP contribution in [0, 0.1) is 0 Å². The number of aromatic nitrogens is 2. The van der Waals surface area contributed by atoms with Gasteiger partial charge in [-0.1, -0.05) is 60.7 Å². The number of nitrogens with one attached hydrogen (secondary N) is 2. The van der Waals surface area contributed by atoms with E-state index in [1.165, 1.54) is 15.9 Å². The molecule has 0 bridgehead atoms. The number of benzene rings is 2. The third-order valence-corrected chi connectivity index (χ3v) is 7.55. The van der Waals surface area contributed by atoms with E-state index < -0.39 is 45.5 Å². The third kappa shape index (κ3) is 12.0. The molecule has 270 valence electrons. The molecule has 2 aromatic carbocycles. The van der Waals surface area contributed by atoms with Crippen LogP contribution in [0.1, 0.15) is 35.8 Å². The molecule has 19 heteroatoms. The maximum atomic E-state index is 13.5. The van der Waals surface area contributed by atoms with E-state index in [0.29, 0.717) is 23.8 Å². The molecule has 1 unspecified atom stereocenters. The van der Waals surface area contributed by atoms with Crippen molar-refractivity contribution in [2.45, 2.75) is 37.9 Å². The van der Waals surface area contributed by atoms with Gasteiger partial charge in [0.25, 0.3) is 5.91 Å². The summed E-state index contributed by atoms with van der Waals surface area (Å²) in [5.74, 6) is -1.40. The van der Waals surface area contributed by atoms with E-state index >= 15 is 0 Å². The van der Waals surface area contributed by atoms with Crippen molar-refractivity contribution in [3.05, 3.63) is 78.0 Å². The third-order valence-electron chi connectivity index (χ3n) is 6.97. The summed E-state index contributed by atoms with van der Waals surface area (Å²) in [5, 5.41) is 15.2. The van der Waals surface area contributed by atoms with Crippen molar-refractivity contribution in [1.82, 2.24) is 25.1 Å². The molecule has 15 nitrogen and oxygen atoms in total. The fraction of sp³-hybridized carbons (Fsp3) is 0.355. The Morgan fingerprint density at radius 1 is 0.940 bits per heavy atom. The summed E-state index contributed by atoms with van der Waals surface area (Å²) in [7, 11) is -5.84. The fourth-order valence-corrected chi connectivity index (χ4v) is 4.46. The highest BCUT2D eigenvalue weighted by Gasteiger charge is 2.44. The molecule has 0 spiro atoms. The predicted octanol–water partition coefficient (Wildman–Crippen LogP) is 3.41. The number of carbonyl (C=O) groups is 4. The maximum absolute atomic E-state index is 13.5. The Morgan fingerprint density at radius 2 is 1.50 bits per heavy atom. The van der Waals surface area contributed by atoms with E-state index in [2.05, 4.69) is 20.6 Å². The number of hydrogen-bond donors (Lipinski definition) is 4. The molecule has 4 rings (SSSR count). The average Bonchev–Trinajstić information content (AvgIpc) is 3.09. The zero-order chi connectivity index (χ0) is 36.9. The largest absolute Gasteiger partial charge is 0.522 e. The number of hydrogen-bond acceptors (Lipinski definition) is 10. The first-order chi connectivity index (χ1) is 23.6. The topological polar surface area (TPSA) is 208 Å². The monoisotopic (exact) mass is 724 g/mol. The number of anilines is 1. The predicted molar refractivity (Wildman–Crippen MR) is 172 cm³/mol. The minimum atomic E-state index is -5.84. The Balaban J connectivity index is 0.000000753. The van der Waals surface area contributed by atoms with Gasteiger partial charge in [-0.25, -0.2) is 14.8 Å². The number of amides is 3. The van der Waals surface area contributed by atoms with Gasteiger partial charge in [0.15, 0.2) is 5.82 Å². The van der Waals surface area contributed by atoms with E-state index in [9.17, 15) is 37.5 Å². The minimum Gasteiger partial charge on any atom is -0.481 e. The van der Waals surface area contributed by atoms with Crippen LogP contribution in [0.25, 0.3) is 11.4 Å². The first-order valence-electron chi connectivity index (χ1n) is 15.1. The standard InChI is InChI=1S/C30H34N6O6.CHF3O3S/c1-2-42-30(41)36-17-15-35(16-18-36)29(40)23(13-14-26(37)38)33-28(39)24-19-25(31-20-21-9-5-3-6-10-21)34-27(32-24)22-11-7-4-8-12-22;2-1(3,4)8(5,6)7/h3-12,19,23H,2,13-18,20H2,1H3,(H,33,39)(H,37,38)(H,31,32,34);(H,5,6,7). The van der Waals surface area contributed by atoms with Crippen LogP contribution >= 0.6 is 0 Å². The number of ether oxygens (including phenoxy) is 1. The first kappa shape index (κ1) is 39.1. The van der Waals surface area contributed by atoms with Gasteiger partial charge >= 0.3 is 27.7 Å². The fourth-order valence-electron chi connectivity index (χ4n) is 4.46. The SMILES string of the molecule is CCOC(=O)N1CCN(C(=O)C(CCC(=O)O)NC(=O)c2cc(NCc3ccccc3)nc(-c3ccccc3)n2)CC1.O=S(=O)(O)C(F)(F)F. The molecule has 2 heterocycles. The molecule has 1 saturated heterocycles. The summed E-state index contributed by atoms with van der Waals surface area (Å²) in [4.78, 5) is 62.4. The number of piperazine rings is 1. The Morgan fingerprint density at radius 3 is 2.04 bits per heavy atom. The number of carboxylic acids is 1. The highest BCUT2D eigenvalue weighted by atomic mass is 32.2. The number of halogens is 3. The summed E-state index contributed by atoms with van der Waals surface area (Å²) < 4.78 is 62.6. The second-order valence-electron chi connectivity index (χ2n) is 10.6. The number of carboxylic acid groups (broad SMARTS) is 1. The molecule has 3 amide bonds. The lowest BCUT2D eigenvalue weighted by atomic mass is 10.1. The number of carbonyl (C=O) groups excluding carboxylic acids is 3. The first-order valence-corrected chi connectivity index (χ1v) is 16.5. The summed E-state index contributed by atoms with van der Waals surface area (Å²) in [6.07, 6.45) is -0.870. The van der Waals surface area contributed by atoms with Crippen LogP contribution in [-0.2, 0) is 31.0 Å². The van der Waals surface area contributed by atoms with Crippen LogP contribution in [-0.4, -0.2) is 106 Å². The molecule has 1 atom stereocenters. The quantitative estimate of drug-likeness (QED) is 0.166. The van der Waals surface area contributed by atoms with E-state index in [0.717, 1.165) is 5.56 Å². The van der Waals surface area contributed by atoms with Gasteiger partial charge in [0.2, 0.25) is 5.91 Å². The van der Waals surface area contributed by atoms with Crippen molar-refractivity contribution in [1.29, 1.82) is 0 Å². The van der Waals surface area contributed by atoms with E-state index in [1.807, 2.05) is 60.7 Å². The molecule has 0 saturated carbocycles. The number of alkyl halides is 3. The van der Waals surface area contributed by atoms with E-state index in [4.69, 9.17) is 17.7 Å². The number of aliphatic carboxylic acids is 1. The highest BCUT2D eigenvalue weighted by Crippen LogP contribution is 2.21. The summed E-state index contributed by atoms with van der Waals surface area (Å²) in [6.45, 7) is 3.44. The molecule has 1 aromatic heterocycles. The molecule has 1 aliphatic rings. The molecule has 50 heavy (non-hydrogen) atoms. The Hall–Kier alpha value is -5.30. The van der Waals surface area contributed by atoms with Gasteiger partial charge in [-0.2, -0.15) is 21.6 Å². The van der Waals surface area contributed by atoms with Crippen molar-refractivity contribution in [3.8, 4) is 11.4 Å². The molecular formula is C31H35F3N6O9S. The van der Waals surface area contributed by atoms with Gasteiger partial charge in [0, 0.05) is 50.8 Å². The highest BCUT2D eigenvalue weighted by molar-refractivity contribution is 7.86. The van der Waals surface area contributed by atoms with Crippen molar-refractivity contribution < 1.29 is 55.2 Å². The minimum absolute atomic E-state index is 0.0275. The lowest BCUT2D eigenvalue weighted by Gasteiger charge is -2.35. The molecule has 0 aliphatic carbocycles. The van der Waals surface area contributed by atoms with Crippen molar-refractivity contribution in [2.75, 3.05) is 38.1 Å². The average molecular weight is 725 g/mol. The van der Waals surface area contributed by atoms with Crippen LogP contribution in [0.4, 0.5) is 23.8 Å². The van der Waals surface area contributed by atoms with Crippen LogP contribution in [0.3, 0.4) is 0 Å². The lowest BCUT2D eigenvalue weighted by molar-refractivity contribution is -0.138. The van der Waals surface area contributed by atoms with Gasteiger partial charge in [-0.3, -0.25) is 18.9 Å². The zero-order valence-electron chi connectivity index (χ0n) is 26.7. The van der Waals surface area contributed by atoms with E-state index in [-0.39, 0.29) is 51.3 Å². The Kier molecular flexibility index (Phi) is 14.0. The summed E-state index contributed by atoms with van der Waals surface area (Å²) >= 11 is 0. The zero-order valence-corrected chi connectivity index (χ0v) is 27.5. The normalized spacial score (nSPS) is 13.7. The van der Waals surface area contributed by atoms with Gasteiger partial charge < -0.3 is 30.3 Å². The second kappa shape index (κ2) is 17.9. The molecular weight excluding hydrogens is 689 g/mol. The van der Waals surface area contributed by atoms with Crippen molar-refractivity contribution >= 4 is 39.8 Å². The maximum Gasteiger partial charge on any atom is 0.522 e. The molecule has 4 N–H and O–H groups in total. The summed E-state index contributed by atoms with van der Waals surface area (Å²) in [5.41, 5.74) is -3.79. The van der Waals surface area contributed by atoms with Crippen LogP contribution in [0.5, 0.6) is 0 Å². The molecule has 1 aliphatic heterocycles. The van der Waals surface area contributed by atoms with Gasteiger partial charge in [0.1, 0.15) is 17.6 Å². The smallest absolute Gasteiger partial charge is 0.481 e. The number of nitrogens with zero attached hydrogens (tertiary/aromatic N) is 4. The van der Waals surface area contributed by atoms with Crippen LogP contribution in [0.15, 0.2) is 66.7 Å². The summed E-state index contributed by atoms with van der Waals surface area (Å²) in [6, 6.07) is 19.3. The second-order valence-corrected chi connectivity index (χ2v) is 12.0. The molecule has 0 radical (unpaired) electrons. The Labute approximate surface area is 285 Å². The van der Waals surface area contributed by atoms with Crippen LogP contribution in [0.2, 0.25) is 0 Å². The number of rotatable bonds is 11. The van der Waals surface area contributed by atoms with Gasteiger partial charge in [-0.15, -0.1) is 0 Å². The van der Waals surface area contributed by atoms with Gasteiger partial charge in [-0.05, 0) is 18.9 Å². The molecule has 1 fully saturated rings. The van der Waals surface area contributed by atoms with Crippen LogP contribution < -0.4 is 10.6 Å². The lowest BCUT2D eigenvalue weighted by Crippen LogP contribution is -2.56. The molecule has 3 aromatic rings.